The van der Waals surface area contributed by atoms with Gasteiger partial charge in [-0.15, -0.1) is 11.3 Å². The van der Waals surface area contributed by atoms with E-state index in [0.717, 1.165) is 52.1 Å². The predicted molar refractivity (Wildman–Crippen MR) is 128 cm³/mol. The lowest BCUT2D eigenvalue weighted by atomic mass is 9.89. The summed E-state index contributed by atoms with van der Waals surface area (Å²) < 4.78 is 0. The van der Waals surface area contributed by atoms with E-state index in [0.29, 0.717) is 11.8 Å². The molecule has 1 aromatic carbocycles. The number of nitrogens with one attached hydrogen (secondary N) is 2. The van der Waals surface area contributed by atoms with Crippen LogP contribution in [0.25, 0.3) is 10.9 Å². The molecular weight excluding hydrogens is 404 g/mol. The van der Waals surface area contributed by atoms with Crippen molar-refractivity contribution in [2.75, 3.05) is 32.7 Å². The molecule has 3 aromatic rings. The molecule has 0 radical (unpaired) electrons. The Kier molecular flexibility index (Phi) is 6.27. The minimum Gasteiger partial charge on any atom is -0.361 e. The fourth-order valence-electron chi connectivity index (χ4n) is 5.14. The van der Waals surface area contributed by atoms with E-state index >= 15 is 0 Å². The van der Waals surface area contributed by atoms with Crippen LogP contribution in [-0.4, -0.2) is 53.5 Å². The lowest BCUT2D eigenvalue weighted by Crippen LogP contribution is -2.46. The van der Waals surface area contributed by atoms with Gasteiger partial charge >= 0.3 is 6.03 Å². The number of piperidine rings is 2. The van der Waals surface area contributed by atoms with Crippen LogP contribution in [0.5, 0.6) is 0 Å². The number of hydrogen-bond acceptors (Lipinski definition) is 3. The second-order valence-electron chi connectivity index (χ2n) is 9.04. The second kappa shape index (κ2) is 9.45. The number of aromatic amines is 1. The van der Waals surface area contributed by atoms with E-state index < -0.39 is 0 Å². The van der Waals surface area contributed by atoms with Crippen molar-refractivity contribution in [1.82, 2.24) is 20.1 Å². The number of thiophene rings is 1. The van der Waals surface area contributed by atoms with Crippen LogP contribution in [0.2, 0.25) is 0 Å². The molecule has 2 aliphatic heterocycles. The Hall–Kier alpha value is -2.31. The molecule has 0 unspecified atom stereocenters. The van der Waals surface area contributed by atoms with E-state index in [1.165, 1.54) is 34.2 Å². The van der Waals surface area contributed by atoms with Gasteiger partial charge in [0.2, 0.25) is 0 Å². The van der Waals surface area contributed by atoms with Crippen molar-refractivity contribution in [3.8, 4) is 0 Å². The maximum atomic E-state index is 12.7. The monoisotopic (exact) mass is 436 g/mol. The summed E-state index contributed by atoms with van der Waals surface area (Å²) in [4.78, 5) is 22.1. The van der Waals surface area contributed by atoms with Gasteiger partial charge in [0.15, 0.2) is 0 Å². The topological polar surface area (TPSA) is 51.4 Å². The number of aromatic nitrogens is 1. The van der Waals surface area contributed by atoms with E-state index in [4.69, 9.17) is 0 Å². The second-order valence-corrected chi connectivity index (χ2v) is 10.1. The van der Waals surface area contributed by atoms with Gasteiger partial charge in [-0.05, 0) is 73.7 Å². The van der Waals surface area contributed by atoms with Crippen molar-refractivity contribution < 1.29 is 4.79 Å². The summed E-state index contributed by atoms with van der Waals surface area (Å²) in [5, 5.41) is 6.71. The predicted octanol–water partition coefficient (Wildman–Crippen LogP) is 5.03. The third-order valence-corrected chi connectivity index (χ3v) is 7.91. The first-order valence-corrected chi connectivity index (χ1v) is 12.5. The Morgan fingerprint density at radius 1 is 1.03 bits per heavy atom. The van der Waals surface area contributed by atoms with E-state index in [2.05, 4.69) is 63.2 Å². The molecule has 0 aliphatic carbocycles. The molecule has 2 fully saturated rings. The standard InChI is InChI=1S/C25H32N4OS/c30-25(27-16-19-7-11-28(12-8-19)18-21-4-3-15-31-21)29-13-9-20(10-14-29)23-17-26-24-6-2-1-5-22(23)24/h1-6,15,17,19-20,26H,7-14,16,18H2,(H,27,30). The van der Waals surface area contributed by atoms with E-state index in [-0.39, 0.29) is 6.03 Å². The molecule has 2 saturated heterocycles. The number of carbonyl (C=O) groups excluding carboxylic acids is 1. The zero-order valence-corrected chi connectivity index (χ0v) is 18.9. The molecule has 5 nitrogen and oxygen atoms in total. The third-order valence-electron chi connectivity index (χ3n) is 7.05. The molecule has 0 bridgehead atoms. The average Bonchev–Trinajstić information content (AvgIpc) is 3.48. The number of hydrogen-bond donors (Lipinski definition) is 2. The summed E-state index contributed by atoms with van der Waals surface area (Å²) >= 11 is 1.84. The molecule has 4 heterocycles. The summed E-state index contributed by atoms with van der Waals surface area (Å²) in [6, 6.07) is 13.0. The maximum absolute atomic E-state index is 12.7. The Morgan fingerprint density at radius 2 is 1.84 bits per heavy atom. The smallest absolute Gasteiger partial charge is 0.317 e. The van der Waals surface area contributed by atoms with Gasteiger partial charge in [-0.1, -0.05) is 24.3 Å². The van der Waals surface area contributed by atoms with Crippen molar-refractivity contribution >= 4 is 28.3 Å². The van der Waals surface area contributed by atoms with Crippen LogP contribution >= 0.6 is 11.3 Å². The van der Waals surface area contributed by atoms with Gasteiger partial charge < -0.3 is 15.2 Å². The third kappa shape index (κ3) is 4.80. The number of fused-ring (bicyclic) bond motifs is 1. The molecule has 0 atom stereocenters. The summed E-state index contributed by atoms with van der Waals surface area (Å²) in [5.74, 6) is 1.14. The van der Waals surface area contributed by atoms with Crippen molar-refractivity contribution in [1.29, 1.82) is 0 Å². The summed E-state index contributed by atoms with van der Waals surface area (Å²) in [5.41, 5.74) is 2.61. The van der Waals surface area contributed by atoms with Gasteiger partial charge in [0.1, 0.15) is 0 Å². The van der Waals surface area contributed by atoms with E-state index in [9.17, 15) is 4.79 Å². The highest BCUT2D eigenvalue weighted by atomic mass is 32.1. The van der Waals surface area contributed by atoms with Crippen molar-refractivity contribution in [2.45, 2.75) is 38.1 Å². The number of amides is 2. The van der Waals surface area contributed by atoms with Gasteiger partial charge in [-0.2, -0.15) is 0 Å². The lowest BCUT2D eigenvalue weighted by molar-refractivity contribution is 0.163. The molecule has 0 spiro atoms. The quantitative estimate of drug-likeness (QED) is 0.589. The van der Waals surface area contributed by atoms with Crippen LogP contribution in [0.4, 0.5) is 4.79 Å². The SMILES string of the molecule is O=C(NCC1CCN(Cc2cccs2)CC1)N1CCC(c2c[nH]c3ccccc23)CC1. The van der Waals surface area contributed by atoms with Gasteiger partial charge in [0, 0.05) is 48.2 Å². The number of carbonyl (C=O) groups is 1. The van der Waals surface area contributed by atoms with E-state index in [1.807, 2.05) is 16.2 Å². The Bertz CT molecular complexity index is 982. The summed E-state index contributed by atoms with van der Waals surface area (Å²) in [6.45, 7) is 5.84. The fraction of sp³-hybridized carbons (Fsp3) is 0.480. The van der Waals surface area contributed by atoms with Crippen LogP contribution in [0.15, 0.2) is 48.0 Å². The normalized spacial score (nSPS) is 19.2. The molecule has 2 amide bonds. The molecule has 164 valence electrons. The lowest BCUT2D eigenvalue weighted by Gasteiger charge is -2.34. The first kappa shape index (κ1) is 20.6. The highest BCUT2D eigenvalue weighted by Crippen LogP contribution is 2.33. The zero-order chi connectivity index (χ0) is 21.0. The van der Waals surface area contributed by atoms with Gasteiger partial charge in [0.25, 0.3) is 0 Å². The number of benzene rings is 1. The first-order valence-electron chi connectivity index (χ1n) is 11.6. The Morgan fingerprint density at radius 3 is 2.61 bits per heavy atom. The highest BCUT2D eigenvalue weighted by molar-refractivity contribution is 7.09. The van der Waals surface area contributed by atoms with Gasteiger partial charge in [-0.25, -0.2) is 4.79 Å². The van der Waals surface area contributed by atoms with Crippen molar-refractivity contribution in [3.63, 3.8) is 0 Å². The molecular formula is C25H32N4OS. The molecule has 2 aliphatic rings. The van der Waals surface area contributed by atoms with E-state index in [1.54, 1.807) is 0 Å². The number of H-pyrrole nitrogens is 1. The number of nitrogens with zero attached hydrogens (tertiary/aromatic N) is 2. The molecule has 0 saturated carbocycles. The van der Waals surface area contributed by atoms with Crippen molar-refractivity contribution in [2.24, 2.45) is 5.92 Å². The fourth-order valence-corrected chi connectivity index (χ4v) is 5.89. The Labute approximate surface area is 188 Å². The van der Waals surface area contributed by atoms with Gasteiger partial charge in [0.05, 0.1) is 0 Å². The number of para-hydroxylation sites is 1. The molecule has 31 heavy (non-hydrogen) atoms. The number of urea groups is 1. The minimum absolute atomic E-state index is 0.124. The van der Waals surface area contributed by atoms with Crippen LogP contribution < -0.4 is 5.32 Å². The van der Waals surface area contributed by atoms with Crippen LogP contribution in [0.3, 0.4) is 0 Å². The molecule has 2 N–H and O–H groups in total. The number of likely N-dealkylation sites (tertiary alicyclic amines) is 2. The maximum Gasteiger partial charge on any atom is 0.317 e. The highest BCUT2D eigenvalue weighted by Gasteiger charge is 2.26. The molecule has 5 rings (SSSR count). The molecule has 6 heteroatoms. The van der Waals surface area contributed by atoms with Crippen LogP contribution in [0.1, 0.15) is 42.0 Å². The first-order chi connectivity index (χ1) is 15.3. The summed E-state index contributed by atoms with van der Waals surface area (Å²) in [6.07, 6.45) is 6.59. The van der Waals surface area contributed by atoms with Gasteiger partial charge in [-0.3, -0.25) is 4.90 Å². The van der Waals surface area contributed by atoms with Crippen LogP contribution in [-0.2, 0) is 6.54 Å². The average molecular weight is 437 g/mol. The molecule has 2 aromatic heterocycles. The van der Waals surface area contributed by atoms with Crippen LogP contribution in [0, 0.1) is 5.92 Å². The zero-order valence-electron chi connectivity index (χ0n) is 18.1. The van der Waals surface area contributed by atoms with Crippen molar-refractivity contribution in [3.05, 3.63) is 58.4 Å². The Balaban J connectivity index is 1.05. The minimum atomic E-state index is 0.124. The largest absolute Gasteiger partial charge is 0.361 e. The summed E-state index contributed by atoms with van der Waals surface area (Å²) in [7, 11) is 0. The number of rotatable bonds is 5.